The molecule has 0 bridgehead atoms. The van der Waals surface area contributed by atoms with Crippen molar-refractivity contribution in [3.05, 3.63) is 86.4 Å². The molecule has 0 aliphatic heterocycles. The number of alkyl halides is 3. The Bertz CT molecular complexity index is 1230. The first kappa shape index (κ1) is 20.8. The van der Waals surface area contributed by atoms with Gasteiger partial charge in [0.05, 0.1) is 16.9 Å². The molecule has 0 spiro atoms. The third-order valence-corrected chi connectivity index (χ3v) is 4.07. The monoisotopic (exact) mass is 422 g/mol. The minimum Gasteiger partial charge on any atom is -0.308 e. The quantitative estimate of drug-likeness (QED) is 0.563. The number of para-hydroxylation sites is 1. The second-order valence-electron chi connectivity index (χ2n) is 6.23. The molecule has 0 saturated heterocycles. The van der Waals surface area contributed by atoms with E-state index in [1.807, 2.05) is 4.98 Å². The molecule has 11 heteroatoms. The van der Waals surface area contributed by atoms with Gasteiger partial charge in [-0.2, -0.15) is 13.2 Å². The molecule has 3 N–H and O–H groups in total. The van der Waals surface area contributed by atoms with Crippen LogP contribution in [0.2, 0.25) is 0 Å². The second kappa shape index (κ2) is 7.85. The van der Waals surface area contributed by atoms with Gasteiger partial charge < -0.3 is 10.6 Å². The molecule has 0 fully saturated rings. The van der Waals surface area contributed by atoms with Crippen molar-refractivity contribution >= 4 is 17.4 Å². The van der Waals surface area contributed by atoms with Crippen molar-refractivity contribution in [2.75, 3.05) is 10.6 Å². The highest BCUT2D eigenvalue weighted by Gasteiger charge is 2.33. The van der Waals surface area contributed by atoms with Crippen molar-refractivity contribution in [1.82, 2.24) is 9.55 Å². The highest BCUT2D eigenvalue weighted by molar-refractivity contribution is 6.00. The van der Waals surface area contributed by atoms with Gasteiger partial charge in [0.25, 0.3) is 5.56 Å². The number of benzene rings is 2. The number of hydrogen-bond acceptors (Lipinski definition) is 3. The summed E-state index contributed by atoms with van der Waals surface area (Å²) in [7, 11) is 0. The molecule has 0 radical (unpaired) electrons. The van der Waals surface area contributed by atoms with E-state index in [0.29, 0.717) is 0 Å². The number of hydrogen-bond donors (Lipinski definition) is 3. The van der Waals surface area contributed by atoms with E-state index in [4.69, 9.17) is 0 Å². The highest BCUT2D eigenvalue weighted by Crippen LogP contribution is 2.34. The van der Waals surface area contributed by atoms with E-state index in [2.05, 4.69) is 10.6 Å². The number of amides is 2. The minimum absolute atomic E-state index is 0.0626. The fraction of sp³-hybridized carbons (Fsp3) is 0.105. The maximum absolute atomic E-state index is 14.5. The van der Waals surface area contributed by atoms with Crippen molar-refractivity contribution in [2.24, 2.45) is 0 Å². The Hall–Kier alpha value is -3.89. The highest BCUT2D eigenvalue weighted by atomic mass is 19.4. The van der Waals surface area contributed by atoms with Crippen LogP contribution in [0.1, 0.15) is 11.1 Å². The number of anilines is 2. The summed E-state index contributed by atoms with van der Waals surface area (Å²) in [4.78, 5) is 37.4. The summed E-state index contributed by atoms with van der Waals surface area (Å²) < 4.78 is 54.4. The molecule has 1 aromatic heterocycles. The molecule has 1 heterocycles. The third kappa shape index (κ3) is 4.40. The molecule has 2 amide bonds. The summed E-state index contributed by atoms with van der Waals surface area (Å²) >= 11 is 0. The zero-order valence-electron chi connectivity index (χ0n) is 15.3. The summed E-state index contributed by atoms with van der Waals surface area (Å²) in [6.45, 7) is 1.44. The lowest BCUT2D eigenvalue weighted by atomic mass is 10.1. The van der Waals surface area contributed by atoms with Gasteiger partial charge >= 0.3 is 17.9 Å². The summed E-state index contributed by atoms with van der Waals surface area (Å²) in [5.41, 5.74) is -3.03. The Kier molecular flexibility index (Phi) is 5.45. The van der Waals surface area contributed by atoms with E-state index in [0.717, 1.165) is 29.0 Å². The van der Waals surface area contributed by atoms with Gasteiger partial charge in [-0.25, -0.2) is 14.0 Å². The van der Waals surface area contributed by atoms with E-state index in [9.17, 15) is 31.9 Å². The molecule has 2 aromatic carbocycles. The molecule has 0 saturated carbocycles. The zero-order valence-corrected chi connectivity index (χ0v) is 15.3. The van der Waals surface area contributed by atoms with E-state index in [1.165, 1.54) is 31.2 Å². The average molecular weight is 422 g/mol. The number of aromatic amines is 1. The third-order valence-electron chi connectivity index (χ3n) is 4.07. The van der Waals surface area contributed by atoms with Gasteiger partial charge in [0.2, 0.25) is 0 Å². The largest absolute Gasteiger partial charge is 0.418 e. The fourth-order valence-electron chi connectivity index (χ4n) is 2.65. The van der Waals surface area contributed by atoms with E-state index < -0.39 is 40.5 Å². The van der Waals surface area contributed by atoms with Crippen molar-refractivity contribution in [3.63, 3.8) is 0 Å². The number of aryl methyl sites for hydroxylation is 1. The van der Waals surface area contributed by atoms with Gasteiger partial charge in [-0.05, 0) is 37.3 Å². The minimum atomic E-state index is -4.67. The fourth-order valence-corrected chi connectivity index (χ4v) is 2.65. The summed E-state index contributed by atoms with van der Waals surface area (Å²) in [6.07, 6.45) is -3.51. The van der Waals surface area contributed by atoms with Crippen LogP contribution in [-0.2, 0) is 6.18 Å². The Balaban J connectivity index is 1.82. The van der Waals surface area contributed by atoms with Gasteiger partial charge in [0.15, 0.2) is 0 Å². The summed E-state index contributed by atoms with van der Waals surface area (Å²) in [5, 5.41) is 4.29. The molecule has 30 heavy (non-hydrogen) atoms. The molecule has 7 nitrogen and oxygen atoms in total. The van der Waals surface area contributed by atoms with Crippen LogP contribution in [0.5, 0.6) is 0 Å². The number of halogens is 4. The second-order valence-corrected chi connectivity index (χ2v) is 6.23. The average Bonchev–Trinajstić information content (AvgIpc) is 2.65. The topological polar surface area (TPSA) is 96.0 Å². The first-order chi connectivity index (χ1) is 14.1. The lowest BCUT2D eigenvalue weighted by molar-refractivity contribution is -0.136. The van der Waals surface area contributed by atoms with Gasteiger partial charge in [-0.15, -0.1) is 0 Å². The number of carbonyl (C=O) groups is 1. The van der Waals surface area contributed by atoms with Crippen molar-refractivity contribution in [2.45, 2.75) is 13.1 Å². The number of nitrogens with one attached hydrogen (secondary N) is 3. The van der Waals surface area contributed by atoms with Crippen LogP contribution in [-0.4, -0.2) is 15.6 Å². The number of aromatic nitrogens is 2. The van der Waals surface area contributed by atoms with Crippen LogP contribution in [0, 0.1) is 12.7 Å². The van der Waals surface area contributed by atoms with E-state index in [1.54, 1.807) is 0 Å². The standard InChI is InChI=1S/C19H14F4N4O3/c1-10-9-27(18(30)26-16(10)28)15-7-6-11(8-13(15)20)24-17(29)25-14-5-3-2-4-12(14)19(21,22)23/h2-9H,1H3,(H2,24,25,29)(H,26,28,30). The predicted octanol–water partition coefficient (Wildman–Crippen LogP) is 3.64. The van der Waals surface area contributed by atoms with Crippen LogP contribution in [0.25, 0.3) is 5.69 Å². The predicted molar refractivity (Wildman–Crippen MR) is 101 cm³/mol. The number of rotatable bonds is 3. The van der Waals surface area contributed by atoms with Crippen molar-refractivity contribution in [1.29, 1.82) is 0 Å². The maximum Gasteiger partial charge on any atom is 0.418 e. The number of urea groups is 1. The number of H-pyrrole nitrogens is 1. The molecular weight excluding hydrogens is 408 g/mol. The zero-order chi connectivity index (χ0) is 22.1. The van der Waals surface area contributed by atoms with Crippen molar-refractivity contribution in [3.8, 4) is 5.69 Å². The van der Waals surface area contributed by atoms with Gasteiger partial charge in [-0.1, -0.05) is 12.1 Å². The Morgan fingerprint density at radius 3 is 2.43 bits per heavy atom. The Morgan fingerprint density at radius 2 is 1.77 bits per heavy atom. The van der Waals surface area contributed by atoms with Gasteiger partial charge in [0.1, 0.15) is 5.82 Å². The maximum atomic E-state index is 14.5. The molecule has 156 valence electrons. The smallest absolute Gasteiger partial charge is 0.308 e. The van der Waals surface area contributed by atoms with Crippen LogP contribution in [0.4, 0.5) is 33.7 Å². The molecule has 0 unspecified atom stereocenters. The van der Waals surface area contributed by atoms with Crippen LogP contribution in [0.3, 0.4) is 0 Å². The Labute approximate surface area is 166 Å². The lowest BCUT2D eigenvalue weighted by Crippen LogP contribution is -2.30. The number of carbonyl (C=O) groups excluding carboxylic acids is 1. The molecule has 0 aliphatic carbocycles. The first-order valence-corrected chi connectivity index (χ1v) is 8.43. The molecule has 3 aromatic rings. The SMILES string of the molecule is Cc1cn(-c2ccc(NC(=O)Nc3ccccc3C(F)(F)F)cc2F)c(=O)[nH]c1=O. The molecular formula is C19H14F4N4O3. The lowest BCUT2D eigenvalue weighted by Gasteiger charge is -2.14. The Morgan fingerprint density at radius 1 is 1.07 bits per heavy atom. The van der Waals surface area contributed by atoms with Gasteiger partial charge in [-0.3, -0.25) is 14.3 Å². The van der Waals surface area contributed by atoms with Crippen LogP contribution >= 0.6 is 0 Å². The van der Waals surface area contributed by atoms with Crippen LogP contribution < -0.4 is 21.9 Å². The first-order valence-electron chi connectivity index (χ1n) is 8.43. The molecule has 0 aliphatic rings. The van der Waals surface area contributed by atoms with Gasteiger partial charge in [0, 0.05) is 17.4 Å². The molecule has 0 atom stereocenters. The summed E-state index contributed by atoms with van der Waals surface area (Å²) in [5.74, 6) is -0.906. The normalized spacial score (nSPS) is 11.2. The number of nitrogens with zero attached hydrogens (tertiary/aromatic N) is 1. The van der Waals surface area contributed by atoms with Crippen molar-refractivity contribution < 1.29 is 22.4 Å². The van der Waals surface area contributed by atoms with E-state index in [-0.39, 0.29) is 16.9 Å². The van der Waals surface area contributed by atoms with E-state index >= 15 is 0 Å². The molecule has 3 rings (SSSR count). The summed E-state index contributed by atoms with van der Waals surface area (Å²) in [6, 6.07) is 6.69. The van der Waals surface area contributed by atoms with Crippen LogP contribution in [0.15, 0.2) is 58.3 Å².